The zero-order chi connectivity index (χ0) is 4.99. The summed E-state index contributed by atoms with van der Waals surface area (Å²) in [7, 11) is 0. The van der Waals surface area contributed by atoms with Crippen molar-refractivity contribution in [2.75, 3.05) is 5.75 Å². The molecule has 0 aliphatic carbocycles. The molecule has 0 nitrogen and oxygen atoms in total. The van der Waals surface area contributed by atoms with Crippen molar-refractivity contribution in [1.82, 2.24) is 0 Å². The number of hydrogen-bond donors (Lipinski definition) is 1. The first-order valence-electron chi connectivity index (χ1n) is 1.66. The van der Waals surface area contributed by atoms with Crippen LogP contribution in [0.15, 0.2) is 0 Å². The second-order valence-electron chi connectivity index (χ2n) is 0.903. The molecule has 38 valence electrons. The molecule has 0 unspecified atom stereocenters. The zero-order valence-electron chi connectivity index (χ0n) is 3.19. The lowest BCUT2D eigenvalue weighted by atomic mass is 10.5. The third-order valence-corrected chi connectivity index (χ3v) is 0.606. The quantitative estimate of drug-likeness (QED) is 0.515. The van der Waals surface area contributed by atoms with E-state index in [4.69, 9.17) is 0 Å². The molecule has 6 heavy (non-hydrogen) atoms. The van der Waals surface area contributed by atoms with Gasteiger partial charge in [-0.3, -0.25) is 0 Å². The Bertz CT molecular complexity index is 30.0. The van der Waals surface area contributed by atoms with Gasteiger partial charge in [-0.2, -0.15) is 12.6 Å². The Morgan fingerprint density at radius 2 is 2.00 bits per heavy atom. The molecule has 0 amide bonds. The van der Waals surface area contributed by atoms with Crippen molar-refractivity contribution < 1.29 is 8.78 Å². The van der Waals surface area contributed by atoms with E-state index in [2.05, 4.69) is 12.6 Å². The molecule has 0 rings (SSSR count). The Kier molecular flexibility index (Phi) is 3.52. The fourth-order valence-corrected chi connectivity index (χ4v) is 0.293. The highest BCUT2D eigenvalue weighted by molar-refractivity contribution is 7.80. The largest absolute Gasteiger partial charge is 0.239 e. The Balaban J connectivity index is 2.63. The van der Waals surface area contributed by atoms with Gasteiger partial charge >= 0.3 is 0 Å². The van der Waals surface area contributed by atoms with Crippen LogP contribution in [-0.2, 0) is 0 Å². The van der Waals surface area contributed by atoms with E-state index >= 15 is 0 Å². The van der Waals surface area contributed by atoms with Gasteiger partial charge in [-0.1, -0.05) is 0 Å². The number of rotatable bonds is 2. The SMILES string of the molecule is FC(F)CCS. The van der Waals surface area contributed by atoms with Crippen LogP contribution in [0.4, 0.5) is 8.78 Å². The van der Waals surface area contributed by atoms with Crippen LogP contribution in [0.5, 0.6) is 0 Å². The van der Waals surface area contributed by atoms with Gasteiger partial charge in [0.2, 0.25) is 6.43 Å². The van der Waals surface area contributed by atoms with E-state index in [1.807, 2.05) is 0 Å². The van der Waals surface area contributed by atoms with Crippen LogP contribution in [0.3, 0.4) is 0 Å². The Morgan fingerprint density at radius 1 is 1.50 bits per heavy atom. The van der Waals surface area contributed by atoms with Crippen molar-refractivity contribution in [3.8, 4) is 0 Å². The summed E-state index contributed by atoms with van der Waals surface area (Å²) in [6, 6.07) is 0. The first kappa shape index (κ1) is 6.21. The maximum Gasteiger partial charge on any atom is 0.239 e. The van der Waals surface area contributed by atoms with Gasteiger partial charge in [-0.25, -0.2) is 8.78 Å². The van der Waals surface area contributed by atoms with Crippen LogP contribution in [-0.4, -0.2) is 12.2 Å². The molecule has 0 aromatic rings. The van der Waals surface area contributed by atoms with Crippen molar-refractivity contribution in [1.29, 1.82) is 0 Å². The van der Waals surface area contributed by atoms with E-state index in [0.717, 1.165) is 0 Å². The van der Waals surface area contributed by atoms with Gasteiger partial charge in [0.05, 0.1) is 0 Å². The lowest BCUT2D eigenvalue weighted by Gasteiger charge is -1.87. The first-order valence-corrected chi connectivity index (χ1v) is 2.29. The molecule has 0 bridgehead atoms. The summed E-state index contributed by atoms with van der Waals surface area (Å²) >= 11 is 3.58. The van der Waals surface area contributed by atoms with Gasteiger partial charge in [0.15, 0.2) is 0 Å². The summed E-state index contributed by atoms with van der Waals surface area (Å²) in [6.45, 7) is 0. The first-order chi connectivity index (χ1) is 2.77. The minimum absolute atomic E-state index is 0.0941. The number of halogens is 2. The maximum absolute atomic E-state index is 11.0. The van der Waals surface area contributed by atoms with Crippen LogP contribution in [0.2, 0.25) is 0 Å². The minimum atomic E-state index is -2.18. The summed E-state index contributed by atoms with van der Waals surface area (Å²) in [4.78, 5) is 0. The summed E-state index contributed by atoms with van der Waals surface area (Å²) in [5, 5.41) is 0. The second kappa shape index (κ2) is 3.40. The molecule has 0 spiro atoms. The van der Waals surface area contributed by atoms with E-state index < -0.39 is 6.43 Å². The lowest BCUT2D eigenvalue weighted by molar-refractivity contribution is 0.145. The maximum atomic E-state index is 11.0. The third kappa shape index (κ3) is 4.21. The van der Waals surface area contributed by atoms with Gasteiger partial charge < -0.3 is 0 Å². The number of thiol groups is 1. The van der Waals surface area contributed by atoms with Crippen molar-refractivity contribution in [2.24, 2.45) is 0 Å². The van der Waals surface area contributed by atoms with Crippen LogP contribution in [0, 0.1) is 0 Å². The molecular weight excluding hydrogens is 106 g/mol. The summed E-state index contributed by atoms with van der Waals surface area (Å²) < 4.78 is 22.0. The van der Waals surface area contributed by atoms with Crippen molar-refractivity contribution in [3.63, 3.8) is 0 Å². The van der Waals surface area contributed by atoms with Crippen molar-refractivity contribution >= 4 is 12.6 Å². The van der Waals surface area contributed by atoms with Gasteiger partial charge in [0.25, 0.3) is 0 Å². The molecular formula is C3H6F2S. The van der Waals surface area contributed by atoms with Gasteiger partial charge in [-0.05, 0) is 5.75 Å². The highest BCUT2D eigenvalue weighted by Gasteiger charge is 1.96. The molecule has 0 aromatic carbocycles. The van der Waals surface area contributed by atoms with E-state index in [-0.39, 0.29) is 12.2 Å². The average Bonchev–Trinajstić information content (AvgIpc) is 1.35. The molecule has 0 radical (unpaired) electrons. The molecule has 0 atom stereocenters. The van der Waals surface area contributed by atoms with E-state index in [0.29, 0.717) is 0 Å². The molecule has 0 aliphatic heterocycles. The predicted molar refractivity (Wildman–Crippen MR) is 24.5 cm³/mol. The minimum Gasteiger partial charge on any atom is -0.211 e. The fourth-order valence-electron chi connectivity index (χ4n) is 0.0976. The molecule has 0 heterocycles. The molecule has 0 fully saturated rings. The van der Waals surface area contributed by atoms with Crippen LogP contribution in [0.1, 0.15) is 6.42 Å². The molecule has 0 saturated heterocycles. The second-order valence-corrected chi connectivity index (χ2v) is 1.35. The monoisotopic (exact) mass is 112 g/mol. The van der Waals surface area contributed by atoms with Crippen LogP contribution in [0.25, 0.3) is 0 Å². The summed E-state index contributed by atoms with van der Waals surface area (Å²) in [6.07, 6.45) is -2.27. The Hall–Kier alpha value is 0.210. The van der Waals surface area contributed by atoms with E-state index in [9.17, 15) is 8.78 Å². The predicted octanol–water partition coefficient (Wildman–Crippen LogP) is 1.57. The van der Waals surface area contributed by atoms with Crippen LogP contribution >= 0.6 is 12.6 Å². The smallest absolute Gasteiger partial charge is 0.211 e. The third-order valence-electron chi connectivity index (χ3n) is 0.347. The van der Waals surface area contributed by atoms with Crippen LogP contribution < -0.4 is 0 Å². The van der Waals surface area contributed by atoms with Gasteiger partial charge in [0, 0.05) is 6.42 Å². The molecule has 0 saturated carbocycles. The highest BCUT2D eigenvalue weighted by Crippen LogP contribution is 1.98. The summed E-state index contributed by atoms with van der Waals surface area (Å²) in [5.74, 6) is 0.275. The number of alkyl halides is 2. The average molecular weight is 112 g/mol. The molecule has 0 N–H and O–H groups in total. The summed E-state index contributed by atoms with van der Waals surface area (Å²) in [5.41, 5.74) is 0. The topological polar surface area (TPSA) is 0 Å². The van der Waals surface area contributed by atoms with Gasteiger partial charge in [-0.15, -0.1) is 0 Å². The molecule has 3 heteroatoms. The van der Waals surface area contributed by atoms with Crippen molar-refractivity contribution in [3.05, 3.63) is 0 Å². The van der Waals surface area contributed by atoms with Crippen molar-refractivity contribution in [2.45, 2.75) is 12.8 Å². The molecule has 0 aromatic heterocycles. The number of hydrogen-bond acceptors (Lipinski definition) is 1. The standard InChI is InChI=1S/C3H6F2S/c4-3(5)1-2-6/h3,6H,1-2H2. The Morgan fingerprint density at radius 3 is 2.00 bits per heavy atom. The van der Waals surface area contributed by atoms with E-state index in [1.54, 1.807) is 0 Å². The fraction of sp³-hybridized carbons (Fsp3) is 1.00. The normalized spacial score (nSPS) is 10.0. The van der Waals surface area contributed by atoms with E-state index in [1.165, 1.54) is 0 Å². The lowest BCUT2D eigenvalue weighted by Crippen LogP contribution is -1.88. The highest BCUT2D eigenvalue weighted by atomic mass is 32.1. The van der Waals surface area contributed by atoms with Gasteiger partial charge in [0.1, 0.15) is 0 Å². The zero-order valence-corrected chi connectivity index (χ0v) is 4.09. The Labute approximate surface area is 41.0 Å². The molecule has 0 aliphatic rings.